The first-order valence-electron chi connectivity index (χ1n) is 11.4. The number of likely N-dealkylation sites (tertiary alicyclic amines) is 1. The maximum atomic E-state index is 14.2. The average molecular weight is 489 g/mol. The molecule has 1 aromatic carbocycles. The largest absolute Gasteiger partial charge is 0.461 e. The predicted octanol–water partition coefficient (Wildman–Crippen LogP) is 2.34. The van der Waals surface area contributed by atoms with E-state index in [1.807, 2.05) is 0 Å². The van der Waals surface area contributed by atoms with Gasteiger partial charge in [0.2, 0.25) is 5.91 Å². The van der Waals surface area contributed by atoms with Crippen LogP contribution in [0.1, 0.15) is 19.8 Å². The number of ether oxygens (including phenoxy) is 2. The average Bonchev–Trinajstić information content (AvgIpc) is 3.48. The molecule has 6 atom stereocenters. The fraction of sp³-hybridized carbons (Fsp3) is 0.480. The summed E-state index contributed by atoms with van der Waals surface area (Å²) in [5.74, 6) is -3.02. The molecule has 0 radical (unpaired) electrons. The van der Waals surface area contributed by atoms with Gasteiger partial charge in [-0.25, -0.2) is 0 Å². The van der Waals surface area contributed by atoms with Crippen molar-refractivity contribution in [2.45, 2.75) is 43.6 Å². The molecule has 3 saturated heterocycles. The van der Waals surface area contributed by atoms with Gasteiger partial charge in [0, 0.05) is 6.54 Å². The van der Waals surface area contributed by atoms with Gasteiger partial charge in [-0.2, -0.15) is 0 Å². The third kappa shape index (κ3) is 3.65. The first kappa shape index (κ1) is 24.4. The summed E-state index contributed by atoms with van der Waals surface area (Å²) in [5, 5.41) is 10.3. The lowest BCUT2D eigenvalue weighted by molar-refractivity contribution is -0.154. The summed E-state index contributed by atoms with van der Waals surface area (Å²) in [6, 6.07) is 5.23. The summed E-state index contributed by atoms with van der Waals surface area (Å²) < 4.78 is 11.6. The molecule has 0 saturated carbocycles. The zero-order chi connectivity index (χ0) is 24.6. The Balaban J connectivity index is 1.79. The van der Waals surface area contributed by atoms with Crippen molar-refractivity contribution < 1.29 is 29.0 Å². The molecule has 2 unspecified atom stereocenters. The number of amides is 2. The minimum atomic E-state index is -1.19. The van der Waals surface area contributed by atoms with Crippen LogP contribution in [0.3, 0.4) is 0 Å². The molecule has 2 bridgehead atoms. The highest BCUT2D eigenvalue weighted by Gasteiger charge is 2.75. The van der Waals surface area contributed by atoms with Crippen LogP contribution in [0, 0.1) is 11.8 Å². The van der Waals surface area contributed by atoms with E-state index >= 15 is 0 Å². The second-order valence-corrected chi connectivity index (χ2v) is 9.35. The molecule has 1 aromatic rings. The van der Waals surface area contributed by atoms with E-state index in [0.717, 1.165) is 0 Å². The molecule has 0 aromatic heterocycles. The second-order valence-electron chi connectivity index (χ2n) is 8.94. The van der Waals surface area contributed by atoms with Gasteiger partial charge in [-0.1, -0.05) is 42.5 Å². The quantitative estimate of drug-likeness (QED) is 0.423. The highest BCUT2D eigenvalue weighted by Crippen LogP contribution is 2.59. The van der Waals surface area contributed by atoms with E-state index in [-0.39, 0.29) is 25.7 Å². The Bertz CT molecular complexity index is 1010. The van der Waals surface area contributed by atoms with Crippen molar-refractivity contribution >= 4 is 35.1 Å². The van der Waals surface area contributed by atoms with Gasteiger partial charge in [0.25, 0.3) is 5.91 Å². The van der Waals surface area contributed by atoms with Crippen LogP contribution in [0.5, 0.6) is 0 Å². The second kappa shape index (κ2) is 9.52. The summed E-state index contributed by atoms with van der Waals surface area (Å²) in [5.41, 5.74) is -0.715. The SMILES string of the molecule is C=CCOC(=O)[C@@H]1[C@H]2C(=O)N([C@H](C)CO)C(C(=O)N(CC=C)c3ccccc3Cl)C23CC[C@H]1O3. The maximum Gasteiger partial charge on any atom is 0.312 e. The third-order valence-electron chi connectivity index (χ3n) is 7.05. The van der Waals surface area contributed by atoms with E-state index in [9.17, 15) is 19.5 Å². The zero-order valence-electron chi connectivity index (χ0n) is 19.1. The van der Waals surface area contributed by atoms with E-state index < -0.39 is 47.5 Å². The first-order valence-corrected chi connectivity index (χ1v) is 11.7. The van der Waals surface area contributed by atoms with Gasteiger partial charge in [-0.3, -0.25) is 14.4 Å². The van der Waals surface area contributed by atoms with Gasteiger partial charge in [-0.15, -0.1) is 6.58 Å². The molecular weight excluding hydrogens is 460 g/mol. The standard InChI is InChI=1S/C25H29ClN2O6/c1-4-12-27(17-9-7-6-8-16(17)26)23(31)21-25-11-10-18(34-25)19(24(32)33-13-5-2)20(25)22(30)28(21)15(3)14-29/h4-9,15,18-21,29H,1-2,10-14H2,3H3/t15-,18-,19+,20+,21?,25?/m1/s1. The lowest BCUT2D eigenvalue weighted by Crippen LogP contribution is -2.58. The number of esters is 1. The van der Waals surface area contributed by atoms with E-state index in [0.29, 0.717) is 23.6 Å². The van der Waals surface area contributed by atoms with E-state index in [1.165, 1.54) is 15.9 Å². The van der Waals surface area contributed by atoms with Crippen LogP contribution in [0.4, 0.5) is 5.69 Å². The van der Waals surface area contributed by atoms with Crippen molar-refractivity contribution in [1.82, 2.24) is 4.90 Å². The van der Waals surface area contributed by atoms with Gasteiger partial charge < -0.3 is 24.4 Å². The Hall–Kier alpha value is -2.68. The monoisotopic (exact) mass is 488 g/mol. The zero-order valence-corrected chi connectivity index (χ0v) is 19.8. The van der Waals surface area contributed by atoms with Crippen molar-refractivity contribution in [3.8, 4) is 0 Å². The molecule has 34 heavy (non-hydrogen) atoms. The highest BCUT2D eigenvalue weighted by molar-refractivity contribution is 6.34. The number of halogens is 1. The summed E-state index contributed by atoms with van der Waals surface area (Å²) >= 11 is 6.41. The van der Waals surface area contributed by atoms with Gasteiger partial charge in [-0.05, 0) is 31.9 Å². The number of hydrogen-bond acceptors (Lipinski definition) is 6. The molecule has 182 valence electrons. The van der Waals surface area contributed by atoms with Crippen molar-refractivity contribution in [2.75, 3.05) is 24.7 Å². The number of fused-ring (bicyclic) bond motifs is 1. The summed E-state index contributed by atoms with van der Waals surface area (Å²) in [6.45, 7) is 8.83. The number of carbonyl (C=O) groups is 3. The smallest absolute Gasteiger partial charge is 0.312 e. The summed E-state index contributed by atoms with van der Waals surface area (Å²) in [4.78, 5) is 43.7. The lowest BCUT2D eigenvalue weighted by Gasteiger charge is -2.38. The van der Waals surface area contributed by atoms with Crippen molar-refractivity contribution in [1.29, 1.82) is 0 Å². The Morgan fingerprint density at radius 1 is 1.38 bits per heavy atom. The molecular formula is C25H29ClN2O6. The number of rotatable bonds is 9. The molecule has 4 rings (SSSR count). The van der Waals surface area contributed by atoms with Crippen LogP contribution in [-0.4, -0.2) is 71.3 Å². The predicted molar refractivity (Wildman–Crippen MR) is 126 cm³/mol. The van der Waals surface area contributed by atoms with Gasteiger partial charge in [0.1, 0.15) is 18.2 Å². The van der Waals surface area contributed by atoms with Crippen LogP contribution < -0.4 is 4.90 Å². The van der Waals surface area contributed by atoms with Gasteiger partial charge >= 0.3 is 5.97 Å². The molecule has 0 aliphatic carbocycles. The lowest BCUT2D eigenvalue weighted by atomic mass is 9.70. The van der Waals surface area contributed by atoms with E-state index in [2.05, 4.69) is 13.2 Å². The minimum absolute atomic E-state index is 0.0225. The number of aliphatic hydroxyl groups is 1. The Morgan fingerprint density at radius 2 is 2.12 bits per heavy atom. The number of hydrogen-bond donors (Lipinski definition) is 1. The van der Waals surface area contributed by atoms with Crippen LogP contribution >= 0.6 is 11.6 Å². The van der Waals surface area contributed by atoms with E-state index in [4.69, 9.17) is 21.1 Å². The van der Waals surface area contributed by atoms with Crippen LogP contribution in [0.25, 0.3) is 0 Å². The minimum Gasteiger partial charge on any atom is -0.461 e. The number of para-hydroxylation sites is 1. The van der Waals surface area contributed by atoms with E-state index in [1.54, 1.807) is 37.3 Å². The molecule has 3 fully saturated rings. The number of anilines is 1. The summed E-state index contributed by atoms with van der Waals surface area (Å²) in [7, 11) is 0. The fourth-order valence-electron chi connectivity index (χ4n) is 5.69. The van der Waals surface area contributed by atoms with Crippen molar-refractivity contribution in [3.05, 3.63) is 54.6 Å². The number of benzene rings is 1. The van der Waals surface area contributed by atoms with Gasteiger partial charge in [0.15, 0.2) is 0 Å². The Morgan fingerprint density at radius 3 is 2.76 bits per heavy atom. The number of carbonyl (C=O) groups excluding carboxylic acids is 3. The highest BCUT2D eigenvalue weighted by atomic mass is 35.5. The maximum absolute atomic E-state index is 14.2. The third-order valence-corrected chi connectivity index (χ3v) is 7.37. The molecule has 3 aliphatic heterocycles. The fourth-order valence-corrected chi connectivity index (χ4v) is 5.93. The van der Waals surface area contributed by atoms with Crippen LogP contribution in [-0.2, 0) is 23.9 Å². The molecule has 3 heterocycles. The molecule has 1 spiro atoms. The molecule has 8 nitrogen and oxygen atoms in total. The topological polar surface area (TPSA) is 96.4 Å². The molecule has 3 aliphatic rings. The Kier molecular flexibility index (Phi) is 6.85. The Labute approximate surface area is 203 Å². The molecule has 9 heteroatoms. The molecule has 2 amide bonds. The number of nitrogens with zero attached hydrogens (tertiary/aromatic N) is 2. The first-order chi connectivity index (χ1) is 16.3. The summed E-state index contributed by atoms with van der Waals surface area (Å²) in [6.07, 6.45) is 3.49. The van der Waals surface area contributed by atoms with Crippen molar-refractivity contribution in [2.24, 2.45) is 11.8 Å². The van der Waals surface area contributed by atoms with Crippen LogP contribution in [0.2, 0.25) is 5.02 Å². The number of aliphatic hydroxyl groups excluding tert-OH is 1. The molecule has 1 N–H and O–H groups in total. The van der Waals surface area contributed by atoms with Crippen LogP contribution in [0.15, 0.2) is 49.6 Å². The van der Waals surface area contributed by atoms with Crippen molar-refractivity contribution in [3.63, 3.8) is 0 Å². The normalized spacial score (nSPS) is 30.1. The van der Waals surface area contributed by atoms with Gasteiger partial charge in [0.05, 0.1) is 41.3 Å².